The van der Waals surface area contributed by atoms with Crippen LogP contribution in [0.3, 0.4) is 0 Å². The summed E-state index contributed by atoms with van der Waals surface area (Å²) in [6.45, 7) is -0.886. The Morgan fingerprint density at radius 1 is 1.12 bits per heavy atom. The van der Waals surface area contributed by atoms with Gasteiger partial charge in [-0.2, -0.15) is 18.3 Å². The van der Waals surface area contributed by atoms with Crippen LogP contribution in [0.25, 0.3) is 21.8 Å². The first-order valence-corrected chi connectivity index (χ1v) is 13.8. The Labute approximate surface area is 237 Å². The number of H-pyrrole nitrogens is 2. The zero-order valence-electron chi connectivity index (χ0n) is 21.9. The number of pyridine rings is 1. The van der Waals surface area contributed by atoms with Crippen LogP contribution in [-0.4, -0.2) is 62.6 Å². The average Bonchev–Trinajstić information content (AvgIpc) is 3.39. The molecular formula is C29H27ClF3N5O3. The van der Waals surface area contributed by atoms with Crippen molar-refractivity contribution in [3.8, 4) is 0 Å². The Bertz CT molecular complexity index is 1710. The van der Waals surface area contributed by atoms with Gasteiger partial charge in [0.1, 0.15) is 6.54 Å². The molecule has 2 amide bonds. The van der Waals surface area contributed by atoms with E-state index >= 15 is 0 Å². The van der Waals surface area contributed by atoms with Crippen LogP contribution in [0.5, 0.6) is 0 Å². The predicted molar refractivity (Wildman–Crippen MR) is 148 cm³/mol. The summed E-state index contributed by atoms with van der Waals surface area (Å²) in [5, 5.41) is 8.58. The lowest BCUT2D eigenvalue weighted by Gasteiger charge is -2.33. The molecule has 1 saturated heterocycles. The molecule has 0 aliphatic carbocycles. The lowest BCUT2D eigenvalue weighted by molar-refractivity contribution is -0.165. The number of hydrogen-bond donors (Lipinski definition) is 2. The average molecular weight is 586 g/mol. The molecule has 0 radical (unpaired) electrons. The van der Waals surface area contributed by atoms with Crippen LogP contribution in [0.15, 0.2) is 47.4 Å². The normalized spacial score (nSPS) is 18.6. The first-order valence-electron chi connectivity index (χ1n) is 13.5. The van der Waals surface area contributed by atoms with Crippen LogP contribution in [0.2, 0.25) is 5.02 Å². The number of para-hydroxylation sites is 1. The van der Waals surface area contributed by atoms with Gasteiger partial charge in [-0.15, -0.1) is 0 Å². The van der Waals surface area contributed by atoms with Gasteiger partial charge in [-0.05, 0) is 59.9 Å². The molecule has 0 spiro atoms. The van der Waals surface area contributed by atoms with E-state index in [2.05, 4.69) is 15.2 Å². The molecule has 1 atom stereocenters. The van der Waals surface area contributed by atoms with Crippen molar-refractivity contribution < 1.29 is 22.8 Å². The summed E-state index contributed by atoms with van der Waals surface area (Å²) >= 11 is 6.40. The zero-order valence-corrected chi connectivity index (χ0v) is 22.7. The van der Waals surface area contributed by atoms with E-state index in [1.807, 2.05) is 30.3 Å². The van der Waals surface area contributed by atoms with Crippen LogP contribution in [0, 0.1) is 5.92 Å². The predicted octanol–water partition coefficient (Wildman–Crippen LogP) is 4.92. The Hall–Kier alpha value is -3.86. The number of fused-ring (bicyclic) bond motifs is 4. The number of aromatic nitrogens is 3. The number of piperidine rings is 1. The van der Waals surface area contributed by atoms with Gasteiger partial charge in [0.05, 0.1) is 22.7 Å². The minimum Gasteiger partial charge on any atom is -0.343 e. The highest BCUT2D eigenvalue weighted by molar-refractivity contribution is 6.35. The van der Waals surface area contributed by atoms with Gasteiger partial charge in [0.2, 0.25) is 11.8 Å². The number of carbonyl (C=O) groups is 2. The second-order valence-corrected chi connectivity index (χ2v) is 11.3. The molecule has 0 saturated carbocycles. The number of alkyl halides is 3. The molecule has 2 N–H and O–H groups in total. The molecule has 12 heteroatoms. The van der Waals surface area contributed by atoms with Crippen molar-refractivity contribution in [1.82, 2.24) is 25.0 Å². The molecule has 8 nitrogen and oxygen atoms in total. The second-order valence-electron chi connectivity index (χ2n) is 10.9. The third-order valence-electron chi connectivity index (χ3n) is 8.23. The highest BCUT2D eigenvalue weighted by atomic mass is 35.5. The Balaban J connectivity index is 1.20. The quantitative estimate of drug-likeness (QED) is 0.355. The smallest absolute Gasteiger partial charge is 0.343 e. The Morgan fingerprint density at radius 2 is 1.88 bits per heavy atom. The van der Waals surface area contributed by atoms with Crippen molar-refractivity contribution in [2.45, 2.75) is 44.3 Å². The Kier molecular flexibility index (Phi) is 7.01. The zero-order chi connectivity index (χ0) is 28.9. The molecule has 6 rings (SSSR count). The SMILES string of the molecule is O=C(C[C@@H]1Cc2cc(Cl)c3[nH]ncc3c2CN(CC(F)(F)F)C1=O)N1CCC(c2cc3ccccc3[nH]c2=O)CC1. The molecule has 2 aromatic heterocycles. The van der Waals surface area contributed by atoms with E-state index in [1.165, 1.54) is 6.20 Å². The maximum Gasteiger partial charge on any atom is 0.406 e. The van der Waals surface area contributed by atoms with Crippen LogP contribution in [-0.2, 0) is 22.6 Å². The summed E-state index contributed by atoms with van der Waals surface area (Å²) in [6.07, 6.45) is -2.08. The van der Waals surface area contributed by atoms with E-state index in [-0.39, 0.29) is 36.8 Å². The van der Waals surface area contributed by atoms with Crippen LogP contribution < -0.4 is 5.56 Å². The molecule has 2 aliphatic rings. The molecule has 1 fully saturated rings. The fraction of sp³-hybridized carbons (Fsp3) is 0.379. The van der Waals surface area contributed by atoms with Crippen molar-refractivity contribution in [2.75, 3.05) is 19.6 Å². The van der Waals surface area contributed by atoms with Crippen molar-refractivity contribution in [2.24, 2.45) is 5.92 Å². The van der Waals surface area contributed by atoms with Gasteiger partial charge in [-0.25, -0.2) is 0 Å². The molecule has 2 aromatic carbocycles. The number of amides is 2. The van der Waals surface area contributed by atoms with Crippen LogP contribution >= 0.6 is 11.6 Å². The number of aromatic amines is 2. The van der Waals surface area contributed by atoms with Crippen LogP contribution in [0.4, 0.5) is 13.2 Å². The largest absolute Gasteiger partial charge is 0.406 e. The fourth-order valence-electron chi connectivity index (χ4n) is 6.19. The molecule has 0 unspecified atom stereocenters. The van der Waals surface area contributed by atoms with E-state index in [9.17, 15) is 27.6 Å². The minimum absolute atomic E-state index is 0.0272. The molecule has 4 aromatic rings. The third kappa shape index (κ3) is 5.42. The van der Waals surface area contributed by atoms with E-state index in [4.69, 9.17) is 11.6 Å². The minimum atomic E-state index is -4.60. The van der Waals surface area contributed by atoms with E-state index in [1.54, 1.807) is 11.0 Å². The number of nitrogens with zero attached hydrogens (tertiary/aromatic N) is 3. The lowest BCUT2D eigenvalue weighted by atomic mass is 9.88. The van der Waals surface area contributed by atoms with Gasteiger partial charge < -0.3 is 14.8 Å². The fourth-order valence-corrected chi connectivity index (χ4v) is 6.46. The first kappa shape index (κ1) is 27.3. The summed E-state index contributed by atoms with van der Waals surface area (Å²) in [4.78, 5) is 44.9. The van der Waals surface area contributed by atoms with Gasteiger partial charge in [0, 0.05) is 42.5 Å². The lowest BCUT2D eigenvalue weighted by Crippen LogP contribution is -2.44. The summed E-state index contributed by atoms with van der Waals surface area (Å²) < 4.78 is 40.4. The monoisotopic (exact) mass is 585 g/mol. The van der Waals surface area contributed by atoms with E-state index in [0.29, 0.717) is 58.5 Å². The number of carbonyl (C=O) groups excluding carboxylic acids is 2. The summed E-state index contributed by atoms with van der Waals surface area (Å²) in [5.74, 6) is -1.99. The van der Waals surface area contributed by atoms with Crippen molar-refractivity contribution in [1.29, 1.82) is 0 Å². The molecule has 0 bridgehead atoms. The summed E-state index contributed by atoms with van der Waals surface area (Å²) in [7, 11) is 0. The number of rotatable bonds is 4. The maximum atomic E-state index is 13.5. The van der Waals surface area contributed by atoms with Gasteiger partial charge in [0.15, 0.2) is 0 Å². The van der Waals surface area contributed by atoms with Gasteiger partial charge in [0.25, 0.3) is 5.56 Å². The third-order valence-corrected chi connectivity index (χ3v) is 8.53. The molecule has 4 heterocycles. The number of nitrogens with one attached hydrogen (secondary N) is 2. The van der Waals surface area contributed by atoms with Crippen molar-refractivity contribution >= 4 is 45.2 Å². The molecule has 2 aliphatic heterocycles. The number of benzene rings is 2. The Morgan fingerprint density at radius 3 is 2.63 bits per heavy atom. The standard InChI is InChI=1S/C29H27ClF3N5O3/c30-23-11-18-9-19(28(41)38(15-29(31,32)33)14-22(18)21-13-34-36-26(21)23)12-25(39)37-7-5-16(6-8-37)20-10-17-3-1-2-4-24(17)35-27(20)40/h1-4,10-11,13,16,19H,5-9,12,14-15H2,(H,34,36)(H,35,40)/t19-/m0/s1. The first-order chi connectivity index (χ1) is 19.6. The molecule has 214 valence electrons. The topological polar surface area (TPSA) is 102 Å². The van der Waals surface area contributed by atoms with Gasteiger partial charge in [-0.3, -0.25) is 19.5 Å². The summed E-state index contributed by atoms with van der Waals surface area (Å²) in [5.41, 5.74) is 2.97. The second kappa shape index (κ2) is 10.5. The van der Waals surface area contributed by atoms with E-state index in [0.717, 1.165) is 15.8 Å². The summed E-state index contributed by atoms with van der Waals surface area (Å²) in [6, 6.07) is 11.1. The van der Waals surface area contributed by atoms with Crippen molar-refractivity contribution in [3.63, 3.8) is 0 Å². The highest BCUT2D eigenvalue weighted by Crippen LogP contribution is 2.36. The van der Waals surface area contributed by atoms with E-state index < -0.39 is 24.5 Å². The molecular weight excluding hydrogens is 559 g/mol. The maximum absolute atomic E-state index is 13.5. The van der Waals surface area contributed by atoms with Gasteiger partial charge >= 0.3 is 6.18 Å². The number of hydrogen-bond acceptors (Lipinski definition) is 4. The van der Waals surface area contributed by atoms with Gasteiger partial charge in [-0.1, -0.05) is 29.8 Å². The van der Waals surface area contributed by atoms with Crippen molar-refractivity contribution in [3.05, 3.63) is 74.7 Å². The highest BCUT2D eigenvalue weighted by Gasteiger charge is 2.39. The number of likely N-dealkylation sites (tertiary alicyclic amines) is 1. The van der Waals surface area contributed by atoms with Crippen LogP contribution in [0.1, 0.15) is 41.9 Å². The molecule has 41 heavy (non-hydrogen) atoms. The number of halogens is 4.